The first-order valence-electron chi connectivity index (χ1n) is 6.79. The number of nitrogens with two attached hydrogens (primary N) is 1. The predicted octanol–water partition coefficient (Wildman–Crippen LogP) is 2.58. The lowest BCUT2D eigenvalue weighted by atomic mass is 10.0. The van der Waals surface area contributed by atoms with Crippen LogP contribution in [0.1, 0.15) is 31.3 Å². The molecule has 0 fully saturated rings. The maximum atomic E-state index is 13.2. The van der Waals surface area contributed by atoms with Crippen LogP contribution in [0, 0.1) is 11.7 Å². The van der Waals surface area contributed by atoms with Crippen LogP contribution in [0.5, 0.6) is 0 Å². The average Bonchev–Trinajstić information content (AvgIpc) is 2.83. The Labute approximate surface area is 131 Å². The number of hydrogen-bond acceptors (Lipinski definition) is 4. The Hall–Kier alpha value is -1.31. The molecule has 0 saturated heterocycles. The van der Waals surface area contributed by atoms with E-state index in [0.717, 1.165) is 17.9 Å². The molecule has 2 rings (SSSR count). The molecule has 1 heterocycles. The number of nitrogens with zero attached hydrogens (tertiary/aromatic N) is 3. The van der Waals surface area contributed by atoms with Gasteiger partial charge in [-0.2, -0.15) is 5.10 Å². The fourth-order valence-corrected chi connectivity index (χ4v) is 2.80. The lowest BCUT2D eigenvalue weighted by Gasteiger charge is -2.18. The number of rotatable bonds is 6. The van der Waals surface area contributed by atoms with Crippen LogP contribution in [0.4, 0.5) is 4.39 Å². The van der Waals surface area contributed by atoms with Crippen LogP contribution >= 0.6 is 15.9 Å². The number of aromatic nitrogens is 3. The largest absolute Gasteiger partial charge is 0.271 e. The number of hydrazine groups is 1. The van der Waals surface area contributed by atoms with Gasteiger partial charge in [0, 0.05) is 17.4 Å². The van der Waals surface area contributed by atoms with Crippen molar-refractivity contribution in [2.75, 3.05) is 0 Å². The van der Waals surface area contributed by atoms with Crippen molar-refractivity contribution < 1.29 is 4.39 Å². The number of halogens is 2. The molecule has 114 valence electrons. The summed E-state index contributed by atoms with van der Waals surface area (Å²) in [6.45, 7) is 5.05. The molecule has 0 aliphatic heterocycles. The fourth-order valence-electron chi connectivity index (χ4n) is 2.17. The highest BCUT2D eigenvalue weighted by Crippen LogP contribution is 2.26. The maximum Gasteiger partial charge on any atom is 0.138 e. The molecule has 1 unspecified atom stereocenters. The third kappa shape index (κ3) is 4.09. The second-order valence-electron chi connectivity index (χ2n) is 5.34. The van der Waals surface area contributed by atoms with Crippen molar-refractivity contribution in [2.45, 2.75) is 32.9 Å². The first-order valence-corrected chi connectivity index (χ1v) is 7.58. The minimum Gasteiger partial charge on any atom is -0.271 e. The first-order chi connectivity index (χ1) is 10.0. The monoisotopic (exact) mass is 355 g/mol. The molecule has 21 heavy (non-hydrogen) atoms. The molecule has 2 aromatic rings. The zero-order chi connectivity index (χ0) is 15.4. The molecule has 3 N–H and O–H groups in total. The van der Waals surface area contributed by atoms with Gasteiger partial charge in [-0.05, 0) is 23.6 Å². The Morgan fingerprint density at radius 1 is 1.43 bits per heavy atom. The third-order valence-electron chi connectivity index (χ3n) is 3.16. The summed E-state index contributed by atoms with van der Waals surface area (Å²) < 4.78 is 15.8. The van der Waals surface area contributed by atoms with E-state index in [1.807, 2.05) is 4.68 Å². The summed E-state index contributed by atoms with van der Waals surface area (Å²) in [5.74, 6) is 6.70. The van der Waals surface area contributed by atoms with Crippen LogP contribution in [-0.2, 0) is 13.0 Å². The van der Waals surface area contributed by atoms with E-state index in [-0.39, 0.29) is 11.9 Å². The van der Waals surface area contributed by atoms with E-state index in [4.69, 9.17) is 5.84 Å². The van der Waals surface area contributed by atoms with Crippen molar-refractivity contribution in [2.24, 2.45) is 11.8 Å². The molecule has 0 radical (unpaired) electrons. The van der Waals surface area contributed by atoms with Crippen LogP contribution in [0.2, 0.25) is 0 Å². The molecule has 0 spiro atoms. The molecule has 0 aliphatic carbocycles. The van der Waals surface area contributed by atoms with E-state index in [0.29, 0.717) is 16.8 Å². The molecule has 7 heteroatoms. The van der Waals surface area contributed by atoms with Crippen LogP contribution in [0.25, 0.3) is 0 Å². The highest BCUT2D eigenvalue weighted by molar-refractivity contribution is 9.10. The second-order valence-corrected chi connectivity index (χ2v) is 6.20. The first kappa shape index (κ1) is 16.1. The molecular formula is C14H19BrFN5. The van der Waals surface area contributed by atoms with Crippen molar-refractivity contribution >= 4 is 15.9 Å². The van der Waals surface area contributed by atoms with Crippen LogP contribution < -0.4 is 11.3 Å². The number of benzene rings is 1. The summed E-state index contributed by atoms with van der Waals surface area (Å²) >= 11 is 3.37. The van der Waals surface area contributed by atoms with Gasteiger partial charge in [0.15, 0.2) is 0 Å². The van der Waals surface area contributed by atoms with Gasteiger partial charge in [0.1, 0.15) is 18.0 Å². The third-order valence-corrected chi connectivity index (χ3v) is 3.85. The zero-order valence-corrected chi connectivity index (χ0v) is 13.6. The van der Waals surface area contributed by atoms with Gasteiger partial charge < -0.3 is 0 Å². The van der Waals surface area contributed by atoms with E-state index in [1.54, 1.807) is 12.4 Å². The Morgan fingerprint density at radius 2 is 2.19 bits per heavy atom. The molecule has 0 aliphatic rings. The second kappa shape index (κ2) is 7.11. The lowest BCUT2D eigenvalue weighted by molar-refractivity contribution is 0.446. The summed E-state index contributed by atoms with van der Waals surface area (Å²) in [4.78, 5) is 4.30. The van der Waals surface area contributed by atoms with E-state index in [2.05, 4.69) is 45.3 Å². The summed E-state index contributed by atoms with van der Waals surface area (Å²) in [5.41, 5.74) is 3.65. The van der Waals surface area contributed by atoms with Crippen molar-refractivity contribution in [1.29, 1.82) is 0 Å². The molecule has 0 bridgehead atoms. The van der Waals surface area contributed by atoms with Gasteiger partial charge in [-0.1, -0.05) is 35.8 Å². The van der Waals surface area contributed by atoms with Gasteiger partial charge >= 0.3 is 0 Å². The highest BCUT2D eigenvalue weighted by Gasteiger charge is 2.18. The zero-order valence-electron chi connectivity index (χ0n) is 12.1. The van der Waals surface area contributed by atoms with Gasteiger partial charge in [-0.25, -0.2) is 14.1 Å². The quantitative estimate of drug-likeness (QED) is 0.617. The summed E-state index contributed by atoms with van der Waals surface area (Å²) in [6.07, 6.45) is 2.12. The van der Waals surface area contributed by atoms with Gasteiger partial charge in [0.2, 0.25) is 0 Å². The van der Waals surface area contributed by atoms with Crippen molar-refractivity contribution in [1.82, 2.24) is 20.2 Å². The van der Waals surface area contributed by atoms with E-state index < -0.39 is 0 Å². The minimum atomic E-state index is -0.288. The Bertz CT molecular complexity index is 599. The number of nitrogens with one attached hydrogen (secondary N) is 1. The molecular weight excluding hydrogens is 337 g/mol. The van der Waals surface area contributed by atoms with Crippen LogP contribution in [-0.4, -0.2) is 14.8 Å². The van der Waals surface area contributed by atoms with Crippen molar-refractivity contribution in [3.8, 4) is 0 Å². The summed E-state index contributed by atoms with van der Waals surface area (Å²) in [6, 6.07) is 4.39. The molecule has 0 amide bonds. The Morgan fingerprint density at radius 3 is 2.81 bits per heavy atom. The van der Waals surface area contributed by atoms with Gasteiger partial charge in [-0.15, -0.1) is 0 Å². The number of hydrogen-bond donors (Lipinski definition) is 2. The molecule has 5 nitrogen and oxygen atoms in total. The Balaban J connectivity index is 2.21. The highest BCUT2D eigenvalue weighted by atomic mass is 79.9. The maximum absolute atomic E-state index is 13.2. The topological polar surface area (TPSA) is 68.8 Å². The summed E-state index contributed by atoms with van der Waals surface area (Å²) in [7, 11) is 0. The lowest BCUT2D eigenvalue weighted by Crippen LogP contribution is -2.31. The van der Waals surface area contributed by atoms with E-state index in [1.165, 1.54) is 12.1 Å². The van der Waals surface area contributed by atoms with Crippen LogP contribution in [0.3, 0.4) is 0 Å². The smallest absolute Gasteiger partial charge is 0.138 e. The van der Waals surface area contributed by atoms with Gasteiger partial charge in [-0.3, -0.25) is 11.3 Å². The SMILES string of the molecule is CC(C)Cn1ncnc1CC(NN)c1ccc(F)cc1Br. The molecule has 1 atom stereocenters. The minimum absolute atomic E-state index is 0.171. The molecule has 1 aromatic carbocycles. The normalized spacial score (nSPS) is 12.9. The van der Waals surface area contributed by atoms with Gasteiger partial charge in [0.05, 0.1) is 6.04 Å². The molecule has 1 aromatic heterocycles. The van der Waals surface area contributed by atoms with Crippen molar-refractivity contribution in [3.05, 3.63) is 46.2 Å². The molecule has 0 saturated carbocycles. The van der Waals surface area contributed by atoms with E-state index >= 15 is 0 Å². The standard InChI is InChI=1S/C14H19BrFN5/c1-9(2)7-21-14(18-8-19-21)6-13(20-17)11-4-3-10(16)5-12(11)15/h3-5,8-9,13,20H,6-7,17H2,1-2H3. The van der Waals surface area contributed by atoms with E-state index in [9.17, 15) is 4.39 Å². The summed E-state index contributed by atoms with van der Waals surface area (Å²) in [5, 5.41) is 4.24. The van der Waals surface area contributed by atoms with Crippen molar-refractivity contribution in [3.63, 3.8) is 0 Å². The fraction of sp³-hybridized carbons (Fsp3) is 0.429. The predicted molar refractivity (Wildman–Crippen MR) is 82.7 cm³/mol. The van der Waals surface area contributed by atoms with Gasteiger partial charge in [0.25, 0.3) is 0 Å². The Kier molecular flexibility index (Phi) is 5.44. The average molecular weight is 356 g/mol. The van der Waals surface area contributed by atoms with Crippen LogP contribution in [0.15, 0.2) is 29.0 Å².